The average molecular weight is 497 g/mol. The molecule has 0 saturated carbocycles. The Labute approximate surface area is 203 Å². The van der Waals surface area contributed by atoms with Gasteiger partial charge >= 0.3 is 0 Å². The first-order valence-electron chi connectivity index (χ1n) is 10.7. The van der Waals surface area contributed by atoms with Crippen LogP contribution < -0.4 is 15.0 Å². The van der Waals surface area contributed by atoms with Crippen LogP contribution in [0.3, 0.4) is 0 Å². The van der Waals surface area contributed by atoms with E-state index < -0.39 is 35.4 Å². The van der Waals surface area contributed by atoms with Gasteiger partial charge in [-0.05, 0) is 36.4 Å². The van der Waals surface area contributed by atoms with Crippen molar-refractivity contribution in [3.63, 3.8) is 0 Å². The fraction of sp³-hybridized carbons (Fsp3) is 0.160. The summed E-state index contributed by atoms with van der Waals surface area (Å²) < 4.78 is 36.9. The Morgan fingerprint density at radius 1 is 1.14 bits per heavy atom. The number of nitrogens with zero attached hydrogens (tertiary/aromatic N) is 3. The summed E-state index contributed by atoms with van der Waals surface area (Å²) in [5.74, 6) is -3.82. The number of hydrogen-bond acceptors (Lipinski definition) is 4. The molecule has 4 aromatic rings. The van der Waals surface area contributed by atoms with Crippen LogP contribution in [0.15, 0.2) is 67.1 Å². The molecule has 7 nitrogen and oxygen atoms in total. The van der Waals surface area contributed by atoms with Crippen LogP contribution in [0.2, 0.25) is 5.02 Å². The maximum absolute atomic E-state index is 15.1. The first-order chi connectivity index (χ1) is 16.9. The van der Waals surface area contributed by atoms with Crippen LogP contribution >= 0.6 is 11.6 Å². The molecule has 0 radical (unpaired) electrons. The summed E-state index contributed by atoms with van der Waals surface area (Å²) >= 11 is 5.90. The maximum Gasteiger partial charge on any atom is 0.251 e. The lowest BCUT2D eigenvalue weighted by molar-refractivity contribution is -0.118. The molecule has 2 aromatic heterocycles. The second-order valence-corrected chi connectivity index (χ2v) is 8.51. The molecule has 0 bridgehead atoms. The van der Waals surface area contributed by atoms with Gasteiger partial charge in [0.2, 0.25) is 5.91 Å². The van der Waals surface area contributed by atoms with Crippen LogP contribution in [-0.2, 0) is 4.79 Å². The van der Waals surface area contributed by atoms with E-state index in [-0.39, 0.29) is 23.4 Å². The van der Waals surface area contributed by atoms with Crippen molar-refractivity contribution in [3.8, 4) is 5.75 Å². The van der Waals surface area contributed by atoms with Gasteiger partial charge in [-0.15, -0.1) is 0 Å². The number of nitrogens with one attached hydrogen (secondary N) is 1. The first kappa shape index (κ1) is 22.8. The maximum atomic E-state index is 15.1. The van der Waals surface area contributed by atoms with Crippen LogP contribution in [0.25, 0.3) is 5.65 Å². The number of methoxy groups -OCH3 is 1. The van der Waals surface area contributed by atoms with Crippen molar-refractivity contribution in [2.24, 2.45) is 0 Å². The van der Waals surface area contributed by atoms with Gasteiger partial charge in [-0.3, -0.25) is 9.59 Å². The van der Waals surface area contributed by atoms with Gasteiger partial charge in [0.15, 0.2) is 5.65 Å². The SMILES string of the molecule is COc1cc(F)c([C@@H]2CN(c3cccn4ccnc34)C(=O)[C@H]2NC(=O)c2ccc(Cl)cc2)c(F)c1. The van der Waals surface area contributed by atoms with E-state index >= 15 is 8.78 Å². The number of amides is 2. The quantitative estimate of drug-likeness (QED) is 0.449. The van der Waals surface area contributed by atoms with Gasteiger partial charge in [0, 0.05) is 59.3 Å². The Bertz CT molecular complexity index is 1420. The molecule has 2 atom stereocenters. The minimum atomic E-state index is -1.23. The highest BCUT2D eigenvalue weighted by Crippen LogP contribution is 2.37. The second-order valence-electron chi connectivity index (χ2n) is 8.07. The fourth-order valence-electron chi connectivity index (χ4n) is 4.37. The summed E-state index contributed by atoms with van der Waals surface area (Å²) in [6.45, 7) is -0.0723. The van der Waals surface area contributed by atoms with E-state index in [1.54, 1.807) is 47.3 Å². The number of imidazole rings is 1. The number of ether oxygens (including phenoxy) is 1. The lowest BCUT2D eigenvalue weighted by Gasteiger charge is -2.20. The Hall–Kier alpha value is -3.98. The Kier molecular flexibility index (Phi) is 5.86. The highest BCUT2D eigenvalue weighted by molar-refractivity contribution is 6.30. The van der Waals surface area contributed by atoms with Crippen molar-refractivity contribution < 1.29 is 23.1 Å². The van der Waals surface area contributed by atoms with Crippen molar-refractivity contribution >= 4 is 34.7 Å². The van der Waals surface area contributed by atoms with Crippen molar-refractivity contribution in [1.29, 1.82) is 0 Å². The largest absolute Gasteiger partial charge is 0.497 e. The average Bonchev–Trinajstić information content (AvgIpc) is 3.44. The molecule has 1 fully saturated rings. The lowest BCUT2D eigenvalue weighted by atomic mass is 9.92. The third kappa shape index (κ3) is 4.08. The standard InChI is InChI=1S/C25H19ClF2N4O3/c1-35-16-11-18(27)21(19(28)12-16)17-13-32(20-3-2-9-31-10-8-29-23(20)31)25(34)22(17)30-24(33)14-4-6-15(26)7-5-14/h2-12,17,22H,13H2,1H3,(H,30,33)/t17-,22-/m0/s1. The highest BCUT2D eigenvalue weighted by atomic mass is 35.5. The molecule has 1 aliphatic rings. The number of pyridine rings is 1. The molecule has 2 aromatic carbocycles. The summed E-state index contributed by atoms with van der Waals surface area (Å²) in [7, 11) is 1.30. The van der Waals surface area contributed by atoms with Crippen molar-refractivity contribution in [3.05, 3.63) is 94.9 Å². The number of carbonyl (C=O) groups is 2. The van der Waals surface area contributed by atoms with E-state index in [0.29, 0.717) is 16.4 Å². The molecule has 35 heavy (non-hydrogen) atoms. The van der Waals surface area contributed by atoms with Gasteiger partial charge in [0.25, 0.3) is 5.91 Å². The predicted octanol–water partition coefficient (Wildman–Crippen LogP) is 4.20. The van der Waals surface area contributed by atoms with E-state index in [1.807, 2.05) is 0 Å². The normalized spacial score (nSPS) is 17.7. The topological polar surface area (TPSA) is 75.9 Å². The van der Waals surface area contributed by atoms with E-state index in [0.717, 1.165) is 12.1 Å². The number of hydrogen-bond donors (Lipinski definition) is 1. The van der Waals surface area contributed by atoms with Crippen LogP contribution in [0.4, 0.5) is 14.5 Å². The molecule has 3 heterocycles. The molecule has 0 aliphatic carbocycles. The summed E-state index contributed by atoms with van der Waals surface area (Å²) in [4.78, 5) is 32.3. The zero-order valence-corrected chi connectivity index (χ0v) is 19.2. The summed E-state index contributed by atoms with van der Waals surface area (Å²) in [5.41, 5.74) is 0.911. The highest BCUT2D eigenvalue weighted by Gasteiger charge is 2.45. The molecule has 1 saturated heterocycles. The van der Waals surface area contributed by atoms with Crippen LogP contribution in [0.5, 0.6) is 5.75 Å². The number of fused-ring (bicyclic) bond motifs is 1. The molecule has 0 spiro atoms. The van der Waals surface area contributed by atoms with Crippen molar-refractivity contribution in [2.45, 2.75) is 12.0 Å². The molecular weight excluding hydrogens is 478 g/mol. The Morgan fingerprint density at radius 3 is 2.54 bits per heavy atom. The number of rotatable bonds is 5. The van der Waals surface area contributed by atoms with E-state index in [4.69, 9.17) is 16.3 Å². The fourth-order valence-corrected chi connectivity index (χ4v) is 4.50. The van der Waals surface area contributed by atoms with Gasteiger partial charge in [-0.1, -0.05) is 11.6 Å². The smallest absolute Gasteiger partial charge is 0.251 e. The van der Waals surface area contributed by atoms with Gasteiger partial charge in [0.05, 0.1) is 12.8 Å². The predicted molar refractivity (Wildman–Crippen MR) is 126 cm³/mol. The third-order valence-electron chi connectivity index (χ3n) is 6.06. The zero-order valence-electron chi connectivity index (χ0n) is 18.4. The number of benzene rings is 2. The molecular formula is C25H19ClF2N4O3. The third-order valence-corrected chi connectivity index (χ3v) is 6.31. The molecule has 178 valence electrons. The molecule has 2 amide bonds. The molecule has 0 unspecified atom stereocenters. The minimum absolute atomic E-state index is 0.00818. The van der Waals surface area contributed by atoms with E-state index in [2.05, 4.69) is 10.3 Å². The van der Waals surface area contributed by atoms with Crippen LogP contribution in [0, 0.1) is 11.6 Å². The Morgan fingerprint density at radius 2 is 1.86 bits per heavy atom. The van der Waals surface area contributed by atoms with Gasteiger partial charge in [-0.25, -0.2) is 13.8 Å². The number of carbonyl (C=O) groups excluding carboxylic acids is 2. The first-order valence-corrected chi connectivity index (χ1v) is 11.1. The van der Waals surface area contributed by atoms with Crippen molar-refractivity contribution in [1.82, 2.24) is 14.7 Å². The molecule has 10 heteroatoms. The van der Waals surface area contributed by atoms with Gasteiger partial charge in [0.1, 0.15) is 23.4 Å². The summed E-state index contributed by atoms with van der Waals surface area (Å²) in [5, 5.41) is 3.11. The summed E-state index contributed by atoms with van der Waals surface area (Å²) in [6, 6.07) is 10.4. The summed E-state index contributed by atoms with van der Waals surface area (Å²) in [6.07, 6.45) is 5.07. The molecule has 1 N–H and O–H groups in total. The molecule has 1 aliphatic heterocycles. The Balaban J connectivity index is 1.57. The van der Waals surface area contributed by atoms with E-state index in [1.165, 1.54) is 24.1 Å². The van der Waals surface area contributed by atoms with Gasteiger partial charge < -0.3 is 19.4 Å². The number of anilines is 1. The number of halogens is 3. The van der Waals surface area contributed by atoms with Gasteiger partial charge in [-0.2, -0.15) is 0 Å². The van der Waals surface area contributed by atoms with Crippen LogP contribution in [-0.4, -0.2) is 40.9 Å². The monoisotopic (exact) mass is 496 g/mol. The van der Waals surface area contributed by atoms with E-state index in [9.17, 15) is 9.59 Å². The zero-order chi connectivity index (χ0) is 24.7. The van der Waals surface area contributed by atoms with Crippen molar-refractivity contribution in [2.75, 3.05) is 18.6 Å². The number of aromatic nitrogens is 2. The molecule has 5 rings (SSSR count). The second kappa shape index (κ2) is 8.99. The minimum Gasteiger partial charge on any atom is -0.497 e. The lowest BCUT2D eigenvalue weighted by Crippen LogP contribution is -2.44. The van der Waals surface area contributed by atoms with Crippen LogP contribution in [0.1, 0.15) is 21.8 Å².